The summed E-state index contributed by atoms with van der Waals surface area (Å²) in [5, 5.41) is 0. The molecular formula is C21H21Cl2Zr. The number of hydrogen-bond acceptors (Lipinski definition) is 0. The molecule has 4 rings (SSSR count). The number of benzene rings is 2. The molecule has 0 radical (unpaired) electrons. The van der Waals surface area contributed by atoms with E-state index in [0.29, 0.717) is 3.63 Å². The zero-order valence-corrected chi connectivity index (χ0v) is 17.9. The molecule has 0 atom stereocenters. The molecular weight excluding hydrogens is 414 g/mol. The second kappa shape index (κ2) is 8.17. The average Bonchev–Trinajstić information content (AvgIpc) is 3.16. The summed E-state index contributed by atoms with van der Waals surface area (Å²) in [6, 6.07) is 18.2. The van der Waals surface area contributed by atoms with Gasteiger partial charge in [0.1, 0.15) is 0 Å². The minimum absolute atomic E-state index is 0. The van der Waals surface area contributed by atoms with Crippen molar-refractivity contribution >= 4 is 0 Å². The molecule has 0 heterocycles. The molecule has 0 aromatic heterocycles. The molecule has 0 nitrogen and oxygen atoms in total. The Hall–Kier alpha value is -0.617. The Morgan fingerprint density at radius 3 is 1.88 bits per heavy atom. The van der Waals surface area contributed by atoms with Crippen molar-refractivity contribution in [3.8, 4) is 11.1 Å². The summed E-state index contributed by atoms with van der Waals surface area (Å²) in [5.74, 6) is 0. The SMILES string of the molecule is C[CH](C)[Zr+2]([C]1=CC=CC1)[CH]1c2ccccc2-c2ccccc21.[Cl-].[Cl-]. The van der Waals surface area contributed by atoms with Crippen LogP contribution < -0.4 is 24.8 Å². The van der Waals surface area contributed by atoms with Crippen LogP contribution in [0, 0.1) is 0 Å². The van der Waals surface area contributed by atoms with Crippen LogP contribution in [0.1, 0.15) is 35.0 Å². The molecule has 2 aromatic rings. The number of halogens is 2. The fraction of sp³-hybridized carbons (Fsp3) is 0.238. The first-order valence-corrected chi connectivity index (χ1v) is 12.2. The minimum atomic E-state index is -1.78. The van der Waals surface area contributed by atoms with Crippen molar-refractivity contribution < 1.29 is 46.6 Å². The first-order valence-electron chi connectivity index (χ1n) is 8.18. The van der Waals surface area contributed by atoms with Gasteiger partial charge in [-0.05, 0) is 0 Å². The normalized spacial score (nSPS) is 14.5. The zero-order chi connectivity index (χ0) is 15.1. The third kappa shape index (κ3) is 3.24. The van der Waals surface area contributed by atoms with E-state index in [4.69, 9.17) is 0 Å². The largest absolute Gasteiger partial charge is 1.00 e. The van der Waals surface area contributed by atoms with Gasteiger partial charge in [-0.15, -0.1) is 0 Å². The van der Waals surface area contributed by atoms with Gasteiger partial charge in [-0.1, -0.05) is 0 Å². The summed E-state index contributed by atoms with van der Waals surface area (Å²) in [6.45, 7) is 4.91. The summed E-state index contributed by atoms with van der Waals surface area (Å²) >= 11 is -1.78. The summed E-state index contributed by atoms with van der Waals surface area (Å²) in [7, 11) is 0. The summed E-state index contributed by atoms with van der Waals surface area (Å²) in [6.07, 6.45) is 8.24. The van der Waals surface area contributed by atoms with Gasteiger partial charge in [0.05, 0.1) is 0 Å². The summed E-state index contributed by atoms with van der Waals surface area (Å²) in [5.41, 5.74) is 6.15. The number of allylic oxidation sites excluding steroid dienone is 4. The molecule has 0 aliphatic heterocycles. The van der Waals surface area contributed by atoms with Crippen molar-refractivity contribution in [3.05, 3.63) is 81.2 Å². The van der Waals surface area contributed by atoms with Crippen LogP contribution in [-0.4, -0.2) is 0 Å². The van der Waals surface area contributed by atoms with Crippen LogP contribution in [0.25, 0.3) is 11.1 Å². The predicted molar refractivity (Wildman–Crippen MR) is 90.7 cm³/mol. The van der Waals surface area contributed by atoms with Crippen LogP contribution in [0.2, 0.25) is 3.63 Å². The van der Waals surface area contributed by atoms with Crippen LogP contribution >= 0.6 is 0 Å². The van der Waals surface area contributed by atoms with E-state index in [1.54, 1.807) is 14.4 Å². The van der Waals surface area contributed by atoms with Crippen molar-refractivity contribution in [1.82, 2.24) is 0 Å². The second-order valence-corrected chi connectivity index (χ2v) is 14.6. The van der Waals surface area contributed by atoms with E-state index < -0.39 is 21.8 Å². The first kappa shape index (κ1) is 19.7. The quantitative estimate of drug-likeness (QED) is 0.640. The summed E-state index contributed by atoms with van der Waals surface area (Å²) < 4.78 is 3.31. The zero-order valence-electron chi connectivity index (χ0n) is 14.0. The monoisotopic (exact) mass is 433 g/mol. The second-order valence-electron chi connectivity index (χ2n) is 6.54. The molecule has 0 saturated heterocycles. The van der Waals surface area contributed by atoms with Crippen molar-refractivity contribution in [2.75, 3.05) is 0 Å². The molecule has 2 aromatic carbocycles. The van der Waals surface area contributed by atoms with E-state index in [0.717, 1.165) is 3.63 Å². The van der Waals surface area contributed by atoms with Crippen molar-refractivity contribution in [2.24, 2.45) is 0 Å². The van der Waals surface area contributed by atoms with Gasteiger partial charge in [-0.2, -0.15) is 0 Å². The van der Waals surface area contributed by atoms with Gasteiger partial charge in [0.2, 0.25) is 0 Å². The van der Waals surface area contributed by atoms with Crippen molar-refractivity contribution in [1.29, 1.82) is 0 Å². The van der Waals surface area contributed by atoms with E-state index >= 15 is 0 Å². The Bertz CT molecular complexity index is 731. The van der Waals surface area contributed by atoms with Gasteiger partial charge in [0.15, 0.2) is 0 Å². The van der Waals surface area contributed by atoms with E-state index in [-0.39, 0.29) is 24.8 Å². The fourth-order valence-corrected chi connectivity index (χ4v) is 12.9. The van der Waals surface area contributed by atoms with Gasteiger partial charge in [-0.3, -0.25) is 0 Å². The van der Waals surface area contributed by atoms with Gasteiger partial charge < -0.3 is 24.8 Å². The molecule has 24 heavy (non-hydrogen) atoms. The van der Waals surface area contributed by atoms with Crippen LogP contribution in [-0.2, 0) is 21.8 Å². The third-order valence-electron chi connectivity index (χ3n) is 4.91. The number of hydrogen-bond donors (Lipinski definition) is 0. The first-order chi connectivity index (χ1) is 10.8. The predicted octanol–water partition coefficient (Wildman–Crippen LogP) is 0.0547. The van der Waals surface area contributed by atoms with E-state index in [1.807, 2.05) is 0 Å². The van der Waals surface area contributed by atoms with Crippen LogP contribution in [0.5, 0.6) is 0 Å². The van der Waals surface area contributed by atoms with Gasteiger partial charge >= 0.3 is 142 Å². The van der Waals surface area contributed by atoms with Crippen molar-refractivity contribution in [3.63, 3.8) is 0 Å². The van der Waals surface area contributed by atoms with Crippen LogP contribution in [0.4, 0.5) is 0 Å². The molecule has 0 N–H and O–H groups in total. The maximum absolute atomic E-state index is 2.46. The molecule has 0 bridgehead atoms. The van der Waals surface area contributed by atoms with Gasteiger partial charge in [0, 0.05) is 0 Å². The third-order valence-corrected chi connectivity index (χ3v) is 13.8. The number of fused-ring (bicyclic) bond motifs is 3. The number of rotatable bonds is 3. The van der Waals surface area contributed by atoms with Gasteiger partial charge in [0.25, 0.3) is 0 Å². The van der Waals surface area contributed by atoms with E-state index in [1.165, 1.54) is 17.5 Å². The smallest absolute Gasteiger partial charge is 1.00 e. The Balaban J connectivity index is 0.00000104. The fourth-order valence-electron chi connectivity index (χ4n) is 4.04. The average molecular weight is 436 g/mol. The summed E-state index contributed by atoms with van der Waals surface area (Å²) in [4.78, 5) is 0. The molecule has 2 aliphatic rings. The Labute approximate surface area is 165 Å². The minimum Gasteiger partial charge on any atom is -1.00 e. The maximum atomic E-state index is 2.46. The van der Waals surface area contributed by atoms with E-state index in [2.05, 4.69) is 80.6 Å². The van der Waals surface area contributed by atoms with Crippen LogP contribution in [0.15, 0.2) is 70.0 Å². The van der Waals surface area contributed by atoms with Gasteiger partial charge in [-0.25, -0.2) is 0 Å². The topological polar surface area (TPSA) is 0 Å². The van der Waals surface area contributed by atoms with E-state index in [9.17, 15) is 0 Å². The molecule has 3 heteroatoms. The molecule has 123 valence electrons. The molecule has 0 saturated carbocycles. The Morgan fingerprint density at radius 1 is 0.875 bits per heavy atom. The molecule has 0 amide bonds. The molecule has 2 aliphatic carbocycles. The maximum Gasteiger partial charge on any atom is -1.00 e. The van der Waals surface area contributed by atoms with Crippen LogP contribution in [0.3, 0.4) is 0 Å². The van der Waals surface area contributed by atoms with Crippen molar-refractivity contribution in [2.45, 2.75) is 27.5 Å². The molecule has 0 spiro atoms. The Morgan fingerprint density at radius 2 is 1.42 bits per heavy atom. The standard InChI is InChI=1S/C13H9.C5H5.C3H7.2ClH.Zr/c1-3-7-12-10(5-1)9-11-6-2-4-8-13(11)12;1-2-4-5-3-1;1-3-2;;;/h1-9H;1-3H,4H2;3H,1-2H3;2*1H;/q;;;;;+2/p-2. The molecule has 0 fully saturated rings. The molecule has 0 unspecified atom stereocenters. The Kier molecular flexibility index (Phi) is 6.71.